The van der Waals surface area contributed by atoms with E-state index in [2.05, 4.69) is 11.2 Å². The van der Waals surface area contributed by atoms with Gasteiger partial charge < -0.3 is 5.32 Å². The highest BCUT2D eigenvalue weighted by molar-refractivity contribution is 5.03. The summed E-state index contributed by atoms with van der Waals surface area (Å²) in [5, 5.41) is 3.42. The first kappa shape index (κ1) is 8.13. The molecule has 0 radical (unpaired) electrons. The highest BCUT2D eigenvalue weighted by Crippen LogP contribution is 2.47. The van der Waals surface area contributed by atoms with E-state index in [1.54, 1.807) is 0 Å². The number of rotatable bonds is 0. The molecule has 0 aromatic carbocycles. The first-order valence-electron chi connectivity index (χ1n) is 5.02. The van der Waals surface area contributed by atoms with Crippen LogP contribution in [-0.4, -0.2) is 13.1 Å². The fourth-order valence-corrected chi connectivity index (χ4v) is 2.76. The average molecular weight is 163 g/mol. The second kappa shape index (κ2) is 3.11. The summed E-state index contributed by atoms with van der Waals surface area (Å²) in [5.41, 5.74) is 0.641. The van der Waals surface area contributed by atoms with Gasteiger partial charge in [-0.05, 0) is 50.6 Å². The molecule has 0 aromatic rings. The van der Waals surface area contributed by atoms with Crippen LogP contribution in [0.25, 0.3) is 0 Å². The Hall–Kier alpha value is -0.480. The topological polar surface area (TPSA) is 12.0 Å². The van der Waals surface area contributed by atoms with Crippen molar-refractivity contribution in [2.75, 3.05) is 13.1 Å². The van der Waals surface area contributed by atoms with Gasteiger partial charge in [0.1, 0.15) is 0 Å². The molecule has 1 aliphatic heterocycles. The summed E-state index contributed by atoms with van der Waals surface area (Å²) < 4.78 is 0. The summed E-state index contributed by atoms with van der Waals surface area (Å²) in [5.74, 6) is 3.50. The quantitative estimate of drug-likeness (QED) is 0.537. The van der Waals surface area contributed by atoms with E-state index in [0.717, 1.165) is 0 Å². The van der Waals surface area contributed by atoms with Crippen molar-refractivity contribution in [3.8, 4) is 12.3 Å². The van der Waals surface area contributed by atoms with Gasteiger partial charge in [-0.15, -0.1) is 12.3 Å². The largest absolute Gasteiger partial charge is 0.317 e. The third-order valence-electron chi connectivity index (χ3n) is 3.60. The van der Waals surface area contributed by atoms with Crippen LogP contribution < -0.4 is 5.32 Å². The maximum Gasteiger partial charge on any atom is 0.0205 e. The molecule has 2 fully saturated rings. The summed E-state index contributed by atoms with van der Waals surface area (Å²) in [6.07, 6.45) is 12.1. The Morgan fingerprint density at radius 2 is 2.00 bits per heavy atom. The Bertz CT molecular complexity index is 196. The minimum atomic E-state index is 0.586. The van der Waals surface area contributed by atoms with Crippen LogP contribution in [0.1, 0.15) is 32.1 Å². The van der Waals surface area contributed by atoms with E-state index in [4.69, 9.17) is 6.42 Å². The lowest BCUT2D eigenvalue weighted by Crippen LogP contribution is -2.35. The molecule has 1 N–H and O–H groups in total. The normalized spacial score (nSPS) is 33.4. The van der Waals surface area contributed by atoms with E-state index in [1.807, 2.05) is 0 Å². The molecule has 0 aromatic heterocycles. The highest BCUT2D eigenvalue weighted by Gasteiger charge is 2.38. The Labute approximate surface area is 74.9 Å². The molecule has 1 heterocycles. The Morgan fingerprint density at radius 3 is 2.58 bits per heavy atom. The van der Waals surface area contributed by atoms with Gasteiger partial charge in [0, 0.05) is 5.92 Å². The molecule has 1 saturated carbocycles. The van der Waals surface area contributed by atoms with Gasteiger partial charge in [-0.2, -0.15) is 0 Å². The molecular formula is C11H17N. The molecule has 66 valence electrons. The van der Waals surface area contributed by atoms with Crippen LogP contribution in [0.3, 0.4) is 0 Å². The number of hydrogen-bond acceptors (Lipinski definition) is 1. The molecule has 1 aliphatic carbocycles. The van der Waals surface area contributed by atoms with Crippen molar-refractivity contribution in [2.24, 2.45) is 11.3 Å². The summed E-state index contributed by atoms with van der Waals surface area (Å²) in [7, 11) is 0. The Kier molecular flexibility index (Phi) is 2.11. The van der Waals surface area contributed by atoms with Crippen molar-refractivity contribution in [1.29, 1.82) is 0 Å². The zero-order valence-corrected chi connectivity index (χ0v) is 7.60. The summed E-state index contributed by atoms with van der Waals surface area (Å²) >= 11 is 0. The number of nitrogens with one attached hydrogen (secondary N) is 1. The van der Waals surface area contributed by atoms with Crippen LogP contribution in [0.15, 0.2) is 0 Å². The van der Waals surface area contributed by atoms with E-state index in [-0.39, 0.29) is 0 Å². The number of hydrogen-bond donors (Lipinski definition) is 1. The van der Waals surface area contributed by atoms with E-state index >= 15 is 0 Å². The van der Waals surface area contributed by atoms with E-state index in [9.17, 15) is 0 Å². The fourth-order valence-electron chi connectivity index (χ4n) is 2.76. The van der Waals surface area contributed by atoms with E-state index in [0.29, 0.717) is 11.3 Å². The van der Waals surface area contributed by atoms with Gasteiger partial charge in [0.25, 0.3) is 0 Å². The molecule has 2 aliphatic rings. The monoisotopic (exact) mass is 163 g/mol. The van der Waals surface area contributed by atoms with Crippen molar-refractivity contribution in [2.45, 2.75) is 32.1 Å². The van der Waals surface area contributed by atoms with Crippen LogP contribution in [0.4, 0.5) is 0 Å². The lowest BCUT2D eigenvalue weighted by atomic mass is 9.77. The van der Waals surface area contributed by atoms with Crippen molar-refractivity contribution >= 4 is 0 Å². The van der Waals surface area contributed by atoms with Crippen LogP contribution in [-0.2, 0) is 0 Å². The Morgan fingerprint density at radius 1 is 1.25 bits per heavy atom. The van der Waals surface area contributed by atoms with Crippen molar-refractivity contribution in [3.63, 3.8) is 0 Å². The number of terminal acetylenes is 1. The van der Waals surface area contributed by atoms with Gasteiger partial charge in [0.2, 0.25) is 0 Å². The van der Waals surface area contributed by atoms with Crippen molar-refractivity contribution in [1.82, 2.24) is 5.32 Å². The van der Waals surface area contributed by atoms with E-state index in [1.165, 1.54) is 45.2 Å². The van der Waals surface area contributed by atoms with Crippen molar-refractivity contribution in [3.05, 3.63) is 0 Å². The van der Waals surface area contributed by atoms with Gasteiger partial charge in [0.05, 0.1) is 0 Å². The molecule has 1 heteroatoms. The SMILES string of the molecule is C#CC1CCC2(CCNCC2)C1. The third kappa shape index (κ3) is 1.36. The van der Waals surface area contributed by atoms with Gasteiger partial charge in [0.15, 0.2) is 0 Å². The molecule has 1 saturated heterocycles. The predicted octanol–water partition coefficient (Wildman–Crippen LogP) is 1.79. The molecule has 0 amide bonds. The summed E-state index contributed by atoms with van der Waals surface area (Å²) in [6.45, 7) is 2.41. The van der Waals surface area contributed by atoms with Crippen LogP contribution in [0.5, 0.6) is 0 Å². The molecule has 1 atom stereocenters. The number of piperidine rings is 1. The predicted molar refractivity (Wildman–Crippen MR) is 50.7 cm³/mol. The summed E-state index contributed by atoms with van der Waals surface area (Å²) in [6, 6.07) is 0. The van der Waals surface area contributed by atoms with Crippen LogP contribution in [0.2, 0.25) is 0 Å². The molecule has 1 unspecified atom stereocenters. The maximum absolute atomic E-state index is 5.46. The second-order valence-electron chi connectivity index (χ2n) is 4.36. The molecule has 0 bridgehead atoms. The van der Waals surface area contributed by atoms with Gasteiger partial charge in [-0.1, -0.05) is 0 Å². The second-order valence-corrected chi connectivity index (χ2v) is 4.36. The lowest BCUT2D eigenvalue weighted by molar-refractivity contribution is 0.206. The fraction of sp³-hybridized carbons (Fsp3) is 0.818. The Balaban J connectivity index is 1.99. The minimum absolute atomic E-state index is 0.586. The summed E-state index contributed by atoms with van der Waals surface area (Å²) in [4.78, 5) is 0. The smallest absolute Gasteiger partial charge is 0.0205 e. The maximum atomic E-state index is 5.46. The molecule has 12 heavy (non-hydrogen) atoms. The first-order chi connectivity index (χ1) is 5.85. The average Bonchev–Trinajstić information content (AvgIpc) is 2.50. The van der Waals surface area contributed by atoms with Gasteiger partial charge in [-0.3, -0.25) is 0 Å². The lowest BCUT2D eigenvalue weighted by Gasteiger charge is -2.33. The van der Waals surface area contributed by atoms with Crippen molar-refractivity contribution < 1.29 is 0 Å². The first-order valence-corrected chi connectivity index (χ1v) is 5.02. The highest BCUT2D eigenvalue weighted by atomic mass is 14.9. The van der Waals surface area contributed by atoms with Gasteiger partial charge in [-0.25, -0.2) is 0 Å². The molecule has 1 nitrogen and oxygen atoms in total. The van der Waals surface area contributed by atoms with E-state index < -0.39 is 0 Å². The van der Waals surface area contributed by atoms with Gasteiger partial charge >= 0.3 is 0 Å². The molecular weight excluding hydrogens is 146 g/mol. The molecule has 1 spiro atoms. The van der Waals surface area contributed by atoms with Crippen LogP contribution in [0, 0.1) is 23.7 Å². The minimum Gasteiger partial charge on any atom is -0.317 e. The third-order valence-corrected chi connectivity index (χ3v) is 3.60. The molecule has 2 rings (SSSR count). The van der Waals surface area contributed by atoms with Crippen LogP contribution >= 0.6 is 0 Å². The standard InChI is InChI=1S/C11H17N/c1-2-10-3-4-11(9-10)5-7-12-8-6-11/h1,10,12H,3-9H2. The zero-order chi connectivity index (χ0) is 8.44. The zero-order valence-electron chi connectivity index (χ0n) is 7.60.